The van der Waals surface area contributed by atoms with Crippen LogP contribution in [-0.2, 0) is 27.4 Å². The van der Waals surface area contributed by atoms with E-state index in [-0.39, 0.29) is 17.9 Å². The van der Waals surface area contributed by atoms with Crippen molar-refractivity contribution in [2.45, 2.75) is 31.7 Å². The molecule has 29 heavy (non-hydrogen) atoms. The van der Waals surface area contributed by atoms with Gasteiger partial charge in [0.25, 0.3) is 0 Å². The third-order valence-corrected chi connectivity index (χ3v) is 6.82. The minimum absolute atomic E-state index is 0.0167. The van der Waals surface area contributed by atoms with Crippen LogP contribution in [0.3, 0.4) is 0 Å². The Kier molecular flexibility index (Phi) is 4.29. The molecular weight excluding hydrogens is 388 g/mol. The number of rotatable bonds is 5. The van der Waals surface area contributed by atoms with Gasteiger partial charge in [0.05, 0.1) is 41.7 Å². The van der Waals surface area contributed by atoms with Crippen molar-refractivity contribution in [1.82, 2.24) is 19.8 Å². The molecule has 2 saturated heterocycles. The van der Waals surface area contributed by atoms with Gasteiger partial charge in [-0.05, 0) is 18.6 Å². The first-order valence-corrected chi connectivity index (χ1v) is 10.6. The summed E-state index contributed by atoms with van der Waals surface area (Å²) in [5.74, 6) is -1.04. The molecule has 0 aliphatic carbocycles. The maximum Gasteiger partial charge on any atom is 0.230 e. The summed E-state index contributed by atoms with van der Waals surface area (Å²) in [5, 5.41) is 2.94. The van der Waals surface area contributed by atoms with E-state index in [1.165, 1.54) is 0 Å². The van der Waals surface area contributed by atoms with Crippen LogP contribution < -0.4 is 0 Å². The van der Waals surface area contributed by atoms with Gasteiger partial charge >= 0.3 is 0 Å². The molecule has 4 atom stereocenters. The Balaban J connectivity index is 1.36. The highest BCUT2D eigenvalue weighted by atomic mass is 32.1. The van der Waals surface area contributed by atoms with Gasteiger partial charge in [-0.15, -0.1) is 11.3 Å². The Bertz CT molecular complexity index is 991. The standard InChI is InChI=1S/C21H22N4O3S/c1-13-23-15(11-29-13)10-24(2)19(26)17-16-5-6-21(28-16)12-25(20(27)18(17)21)9-14-4-3-7-22-8-14/h3-8,11,16-18H,9-10,12H2,1-2H3/t16-,17+,18+,21-/m0/s1. The molecule has 0 saturated carbocycles. The summed E-state index contributed by atoms with van der Waals surface area (Å²) >= 11 is 1.57. The molecule has 2 aromatic heterocycles. The van der Waals surface area contributed by atoms with Crippen molar-refractivity contribution in [3.63, 3.8) is 0 Å². The number of aryl methyl sites for hydroxylation is 1. The van der Waals surface area contributed by atoms with E-state index in [9.17, 15) is 9.59 Å². The molecule has 7 nitrogen and oxygen atoms in total. The number of nitrogens with zero attached hydrogens (tertiary/aromatic N) is 4. The van der Waals surface area contributed by atoms with E-state index in [1.807, 2.05) is 36.6 Å². The van der Waals surface area contributed by atoms with Crippen LogP contribution in [0.2, 0.25) is 0 Å². The van der Waals surface area contributed by atoms with Crippen molar-refractivity contribution in [2.75, 3.05) is 13.6 Å². The van der Waals surface area contributed by atoms with Crippen LogP contribution in [0.15, 0.2) is 42.1 Å². The summed E-state index contributed by atoms with van der Waals surface area (Å²) in [6.07, 6.45) is 7.07. The molecule has 5 heterocycles. The first-order valence-electron chi connectivity index (χ1n) is 9.68. The fraction of sp³-hybridized carbons (Fsp3) is 0.429. The van der Waals surface area contributed by atoms with E-state index in [4.69, 9.17) is 4.74 Å². The van der Waals surface area contributed by atoms with E-state index < -0.39 is 17.4 Å². The van der Waals surface area contributed by atoms with Gasteiger partial charge in [-0.3, -0.25) is 14.6 Å². The van der Waals surface area contributed by atoms with Crippen LogP contribution in [0.4, 0.5) is 0 Å². The molecule has 2 aromatic rings. The average Bonchev–Trinajstić information content (AvgIpc) is 3.44. The van der Waals surface area contributed by atoms with Crippen LogP contribution in [0.5, 0.6) is 0 Å². The van der Waals surface area contributed by atoms with Crippen LogP contribution in [-0.4, -0.2) is 56.9 Å². The normalized spacial score (nSPS) is 29.5. The van der Waals surface area contributed by atoms with Gasteiger partial charge in [0.15, 0.2) is 0 Å². The van der Waals surface area contributed by atoms with Gasteiger partial charge < -0.3 is 14.5 Å². The number of fused-ring (bicyclic) bond motifs is 1. The monoisotopic (exact) mass is 410 g/mol. The highest BCUT2D eigenvalue weighted by Crippen LogP contribution is 2.52. The van der Waals surface area contributed by atoms with E-state index >= 15 is 0 Å². The topological polar surface area (TPSA) is 75.6 Å². The summed E-state index contributed by atoms with van der Waals surface area (Å²) in [6.45, 7) is 3.32. The molecule has 3 aliphatic heterocycles. The molecule has 2 fully saturated rings. The summed E-state index contributed by atoms with van der Waals surface area (Å²) in [4.78, 5) is 38.6. The Morgan fingerprint density at radius 3 is 3.07 bits per heavy atom. The molecular formula is C21H22N4O3S. The third kappa shape index (κ3) is 2.98. The van der Waals surface area contributed by atoms with Gasteiger partial charge in [0, 0.05) is 31.4 Å². The number of hydrogen-bond donors (Lipinski definition) is 0. The van der Waals surface area contributed by atoms with Gasteiger partial charge in [-0.2, -0.15) is 0 Å². The Labute approximate surface area is 173 Å². The molecule has 0 unspecified atom stereocenters. The molecule has 5 rings (SSSR count). The van der Waals surface area contributed by atoms with Crippen molar-refractivity contribution < 1.29 is 14.3 Å². The second-order valence-electron chi connectivity index (χ2n) is 8.01. The smallest absolute Gasteiger partial charge is 0.230 e. The molecule has 2 bridgehead atoms. The summed E-state index contributed by atoms with van der Waals surface area (Å²) in [7, 11) is 1.77. The van der Waals surface area contributed by atoms with Crippen molar-refractivity contribution in [3.8, 4) is 0 Å². The predicted octanol–water partition coefficient (Wildman–Crippen LogP) is 1.79. The van der Waals surface area contributed by atoms with Crippen molar-refractivity contribution in [1.29, 1.82) is 0 Å². The molecule has 150 valence electrons. The SMILES string of the molecule is Cc1nc(CN(C)C(=O)[C@@H]2[C@@H]3C=C[C@@]4(CN(Cc5cccnc5)C(=O)[C@@H]24)O3)cs1. The van der Waals surface area contributed by atoms with Gasteiger partial charge in [-0.25, -0.2) is 4.98 Å². The van der Waals surface area contributed by atoms with Crippen LogP contribution >= 0.6 is 11.3 Å². The molecule has 3 aliphatic rings. The fourth-order valence-electron chi connectivity index (χ4n) is 4.76. The van der Waals surface area contributed by atoms with Crippen molar-refractivity contribution >= 4 is 23.2 Å². The van der Waals surface area contributed by atoms with Crippen LogP contribution in [0.25, 0.3) is 0 Å². The van der Waals surface area contributed by atoms with Gasteiger partial charge in [0.2, 0.25) is 11.8 Å². The zero-order chi connectivity index (χ0) is 20.2. The minimum atomic E-state index is -0.692. The zero-order valence-corrected chi connectivity index (χ0v) is 17.1. The predicted molar refractivity (Wildman–Crippen MR) is 107 cm³/mol. The van der Waals surface area contributed by atoms with Crippen LogP contribution in [0.1, 0.15) is 16.3 Å². The molecule has 2 amide bonds. The largest absolute Gasteiger partial charge is 0.360 e. The molecule has 0 radical (unpaired) electrons. The lowest BCUT2D eigenvalue weighted by Crippen LogP contribution is -2.44. The number of likely N-dealkylation sites (tertiary alicyclic amines) is 1. The Morgan fingerprint density at radius 1 is 1.48 bits per heavy atom. The van der Waals surface area contributed by atoms with E-state index in [1.54, 1.807) is 40.6 Å². The first kappa shape index (κ1) is 18.4. The fourth-order valence-corrected chi connectivity index (χ4v) is 5.37. The number of carbonyl (C=O) groups excluding carboxylic acids is 2. The maximum atomic E-state index is 13.3. The summed E-state index contributed by atoms with van der Waals surface area (Å²) in [6, 6.07) is 3.81. The number of thiazole rings is 1. The lowest BCUT2D eigenvalue weighted by atomic mass is 9.76. The van der Waals surface area contributed by atoms with Gasteiger partial charge in [0.1, 0.15) is 5.60 Å². The second-order valence-corrected chi connectivity index (χ2v) is 9.07. The van der Waals surface area contributed by atoms with Gasteiger partial charge in [-0.1, -0.05) is 18.2 Å². The Hall–Kier alpha value is -2.58. The highest BCUT2D eigenvalue weighted by molar-refractivity contribution is 7.09. The quantitative estimate of drug-likeness (QED) is 0.703. The molecule has 0 aromatic carbocycles. The maximum absolute atomic E-state index is 13.3. The lowest BCUT2D eigenvalue weighted by molar-refractivity contribution is -0.142. The lowest BCUT2D eigenvalue weighted by Gasteiger charge is -2.27. The number of aromatic nitrogens is 2. The van der Waals surface area contributed by atoms with Crippen molar-refractivity contribution in [2.24, 2.45) is 11.8 Å². The van der Waals surface area contributed by atoms with E-state index in [0.29, 0.717) is 19.6 Å². The second kappa shape index (κ2) is 6.74. The Morgan fingerprint density at radius 2 is 2.34 bits per heavy atom. The summed E-state index contributed by atoms with van der Waals surface area (Å²) in [5.41, 5.74) is 1.14. The number of hydrogen-bond acceptors (Lipinski definition) is 6. The third-order valence-electron chi connectivity index (χ3n) is 6.00. The zero-order valence-electron chi connectivity index (χ0n) is 16.3. The summed E-state index contributed by atoms with van der Waals surface area (Å²) < 4.78 is 6.21. The molecule has 8 heteroatoms. The first-order chi connectivity index (χ1) is 14.0. The van der Waals surface area contributed by atoms with E-state index in [0.717, 1.165) is 16.3 Å². The molecule has 1 spiro atoms. The van der Waals surface area contributed by atoms with Crippen molar-refractivity contribution in [3.05, 3.63) is 58.3 Å². The van der Waals surface area contributed by atoms with Crippen LogP contribution in [0, 0.1) is 18.8 Å². The number of carbonyl (C=O) groups is 2. The number of amides is 2. The number of pyridine rings is 1. The molecule has 0 N–H and O–H groups in total. The van der Waals surface area contributed by atoms with E-state index in [2.05, 4.69) is 9.97 Å². The number of ether oxygens (including phenoxy) is 1. The highest BCUT2D eigenvalue weighted by Gasteiger charge is 2.67. The average molecular weight is 410 g/mol. The minimum Gasteiger partial charge on any atom is -0.360 e.